The summed E-state index contributed by atoms with van der Waals surface area (Å²) in [5.41, 5.74) is -0.375. The van der Waals surface area contributed by atoms with Crippen molar-refractivity contribution in [3.8, 4) is 0 Å². The van der Waals surface area contributed by atoms with E-state index >= 15 is 0 Å². The Bertz CT molecular complexity index is 444. The number of anilines is 1. The zero-order chi connectivity index (χ0) is 14.8. The summed E-state index contributed by atoms with van der Waals surface area (Å²) in [6, 6.07) is 1.67. The van der Waals surface area contributed by atoms with E-state index in [1.807, 2.05) is 41.5 Å². The highest BCUT2D eigenvalue weighted by Gasteiger charge is 2.32. The molecule has 1 atom stereocenters. The molecular weight excluding hydrogens is 244 g/mol. The molecule has 0 saturated heterocycles. The number of hydrogen-bond donors (Lipinski definition) is 2. The number of hydrogen-bond acceptors (Lipinski definition) is 4. The zero-order valence-corrected chi connectivity index (χ0v) is 12.6. The molecule has 5 heteroatoms. The number of carbonyl (C=O) groups is 1. The monoisotopic (exact) mass is 268 g/mol. The molecule has 0 unspecified atom stereocenters. The summed E-state index contributed by atoms with van der Waals surface area (Å²) in [5, 5.41) is 16.6. The number of rotatable bonds is 4. The summed E-state index contributed by atoms with van der Waals surface area (Å²) in [6.07, 6.45) is 0.118. The van der Waals surface area contributed by atoms with Crippen LogP contribution in [0.3, 0.4) is 0 Å². The lowest BCUT2D eigenvalue weighted by molar-refractivity contribution is -0.123. The van der Waals surface area contributed by atoms with Gasteiger partial charge in [0.05, 0.1) is 11.8 Å². The Hall–Kier alpha value is -1.36. The normalized spacial score (nSPS) is 14.3. The van der Waals surface area contributed by atoms with Crippen LogP contribution >= 0.6 is 0 Å². The molecule has 0 bridgehead atoms. The summed E-state index contributed by atoms with van der Waals surface area (Å²) in [5.74, 6) is 0.176. The van der Waals surface area contributed by atoms with E-state index in [2.05, 4.69) is 10.5 Å². The van der Waals surface area contributed by atoms with Crippen molar-refractivity contribution in [3.05, 3.63) is 11.8 Å². The Kier molecular flexibility index (Phi) is 4.40. The van der Waals surface area contributed by atoms with Gasteiger partial charge in [-0.2, -0.15) is 0 Å². The maximum atomic E-state index is 11.8. The number of aliphatic hydroxyl groups excluding tert-OH is 1. The number of carbonyl (C=O) groups excluding carboxylic acids is 1. The quantitative estimate of drug-likeness (QED) is 0.880. The molecule has 0 aliphatic carbocycles. The summed E-state index contributed by atoms with van der Waals surface area (Å²) >= 11 is 0. The Morgan fingerprint density at radius 3 is 2.47 bits per heavy atom. The van der Waals surface area contributed by atoms with Crippen LogP contribution in [0.25, 0.3) is 0 Å². The van der Waals surface area contributed by atoms with Crippen LogP contribution in [0.5, 0.6) is 0 Å². The Morgan fingerprint density at radius 2 is 2.00 bits per heavy atom. The highest BCUT2D eigenvalue weighted by Crippen LogP contribution is 2.30. The molecule has 5 nitrogen and oxygen atoms in total. The largest absolute Gasteiger partial charge is 0.392 e. The van der Waals surface area contributed by atoms with Crippen LogP contribution in [0.2, 0.25) is 0 Å². The maximum Gasteiger partial charge on any atom is 0.232 e. The average Bonchev–Trinajstić information content (AvgIpc) is 2.75. The van der Waals surface area contributed by atoms with E-state index in [-0.39, 0.29) is 5.91 Å². The van der Waals surface area contributed by atoms with Crippen molar-refractivity contribution >= 4 is 11.8 Å². The van der Waals surface area contributed by atoms with E-state index in [4.69, 9.17) is 4.52 Å². The predicted octanol–water partition coefficient (Wildman–Crippen LogP) is 2.71. The summed E-state index contributed by atoms with van der Waals surface area (Å²) < 4.78 is 5.12. The van der Waals surface area contributed by atoms with Crippen molar-refractivity contribution in [1.29, 1.82) is 0 Å². The molecule has 0 aliphatic rings. The first-order valence-corrected chi connectivity index (χ1v) is 6.55. The standard InChI is InChI=1S/C14H24N2O3/c1-7-10(17)14(5,6)9-8-11(19-16-9)15-12(18)13(2,3)4/h8,10,17H,7H2,1-6H3,(H,15,18)/t10-/m0/s1. The van der Waals surface area contributed by atoms with E-state index in [1.54, 1.807) is 6.07 Å². The van der Waals surface area contributed by atoms with Gasteiger partial charge in [0.1, 0.15) is 0 Å². The van der Waals surface area contributed by atoms with E-state index in [9.17, 15) is 9.90 Å². The number of nitrogens with zero attached hydrogens (tertiary/aromatic N) is 1. The van der Waals surface area contributed by atoms with Gasteiger partial charge in [-0.25, -0.2) is 0 Å². The molecule has 0 aliphatic heterocycles. The topological polar surface area (TPSA) is 75.4 Å². The van der Waals surface area contributed by atoms with Crippen molar-refractivity contribution in [2.24, 2.45) is 5.41 Å². The zero-order valence-electron chi connectivity index (χ0n) is 12.6. The second-order valence-electron chi connectivity index (χ2n) is 6.43. The molecule has 0 aromatic carbocycles. The van der Waals surface area contributed by atoms with Crippen LogP contribution in [-0.4, -0.2) is 22.3 Å². The molecule has 1 heterocycles. The lowest BCUT2D eigenvalue weighted by Gasteiger charge is -2.27. The molecule has 1 amide bonds. The summed E-state index contributed by atoms with van der Waals surface area (Å²) in [7, 11) is 0. The smallest absolute Gasteiger partial charge is 0.232 e. The Balaban J connectivity index is 2.86. The molecule has 19 heavy (non-hydrogen) atoms. The maximum absolute atomic E-state index is 11.8. The van der Waals surface area contributed by atoms with E-state index in [0.717, 1.165) is 0 Å². The van der Waals surface area contributed by atoms with Gasteiger partial charge >= 0.3 is 0 Å². The predicted molar refractivity (Wildman–Crippen MR) is 73.9 cm³/mol. The first-order valence-electron chi connectivity index (χ1n) is 6.55. The third-order valence-electron chi connectivity index (χ3n) is 3.31. The molecule has 1 aromatic rings. The van der Waals surface area contributed by atoms with E-state index < -0.39 is 16.9 Å². The van der Waals surface area contributed by atoms with Gasteiger partial charge in [0, 0.05) is 16.9 Å². The number of aliphatic hydroxyl groups is 1. The molecule has 108 valence electrons. The lowest BCUT2D eigenvalue weighted by atomic mass is 9.82. The lowest BCUT2D eigenvalue weighted by Crippen LogP contribution is -2.33. The van der Waals surface area contributed by atoms with Crippen LogP contribution in [0.15, 0.2) is 10.6 Å². The van der Waals surface area contributed by atoms with Gasteiger partial charge in [-0.1, -0.05) is 46.7 Å². The van der Waals surface area contributed by atoms with Crippen LogP contribution < -0.4 is 5.32 Å². The van der Waals surface area contributed by atoms with E-state index in [1.165, 1.54) is 0 Å². The number of amides is 1. The fourth-order valence-corrected chi connectivity index (χ4v) is 1.62. The van der Waals surface area contributed by atoms with Gasteiger partial charge < -0.3 is 9.63 Å². The minimum absolute atomic E-state index is 0.135. The first kappa shape index (κ1) is 15.7. The Morgan fingerprint density at radius 1 is 1.42 bits per heavy atom. The molecule has 1 aromatic heterocycles. The van der Waals surface area contributed by atoms with Crippen molar-refractivity contribution in [1.82, 2.24) is 5.16 Å². The number of nitrogens with one attached hydrogen (secondary N) is 1. The summed E-state index contributed by atoms with van der Waals surface area (Å²) in [4.78, 5) is 11.8. The first-order chi connectivity index (χ1) is 8.59. The highest BCUT2D eigenvalue weighted by atomic mass is 16.5. The molecule has 0 radical (unpaired) electrons. The van der Waals surface area contributed by atoms with E-state index in [0.29, 0.717) is 18.0 Å². The Labute approximate surface area is 114 Å². The van der Waals surface area contributed by atoms with Gasteiger partial charge in [0.25, 0.3) is 0 Å². The second kappa shape index (κ2) is 5.33. The van der Waals surface area contributed by atoms with Crippen LogP contribution in [0, 0.1) is 5.41 Å². The molecule has 0 saturated carbocycles. The molecular formula is C14H24N2O3. The van der Waals surface area contributed by atoms with Crippen molar-refractivity contribution in [3.63, 3.8) is 0 Å². The molecule has 0 spiro atoms. The third kappa shape index (κ3) is 3.56. The van der Waals surface area contributed by atoms with Crippen LogP contribution in [0.1, 0.15) is 53.7 Å². The van der Waals surface area contributed by atoms with Gasteiger partial charge in [-0.3, -0.25) is 10.1 Å². The fourth-order valence-electron chi connectivity index (χ4n) is 1.62. The molecule has 0 fully saturated rings. The van der Waals surface area contributed by atoms with Gasteiger partial charge in [-0.15, -0.1) is 0 Å². The minimum atomic E-state index is -0.511. The van der Waals surface area contributed by atoms with Gasteiger partial charge in [0.2, 0.25) is 11.8 Å². The minimum Gasteiger partial charge on any atom is -0.392 e. The fraction of sp³-hybridized carbons (Fsp3) is 0.714. The van der Waals surface area contributed by atoms with Crippen molar-refractivity contribution in [2.45, 2.75) is 59.5 Å². The van der Waals surface area contributed by atoms with Gasteiger partial charge in [0.15, 0.2) is 0 Å². The summed E-state index contributed by atoms with van der Waals surface area (Å²) in [6.45, 7) is 11.2. The molecule has 2 N–H and O–H groups in total. The average molecular weight is 268 g/mol. The third-order valence-corrected chi connectivity index (χ3v) is 3.31. The van der Waals surface area contributed by atoms with Gasteiger partial charge in [-0.05, 0) is 6.42 Å². The second-order valence-corrected chi connectivity index (χ2v) is 6.43. The van der Waals surface area contributed by atoms with Crippen molar-refractivity contribution < 1.29 is 14.4 Å². The SMILES string of the molecule is CC[C@H](O)C(C)(C)c1cc(NC(=O)C(C)(C)C)on1. The van der Waals surface area contributed by atoms with Crippen molar-refractivity contribution in [2.75, 3.05) is 5.32 Å². The van der Waals surface area contributed by atoms with Crippen LogP contribution in [-0.2, 0) is 10.2 Å². The number of aromatic nitrogens is 1. The van der Waals surface area contributed by atoms with Crippen LogP contribution in [0.4, 0.5) is 5.88 Å². The highest BCUT2D eigenvalue weighted by molar-refractivity contribution is 5.93. The molecule has 1 rings (SSSR count).